The number of amides is 2. The Kier molecular flexibility index (Phi) is 5.36. The topological polar surface area (TPSA) is 40.6 Å². The van der Waals surface area contributed by atoms with E-state index >= 15 is 0 Å². The van der Waals surface area contributed by atoms with E-state index in [1.807, 2.05) is 6.07 Å². The minimum atomic E-state index is 0.211. The third-order valence-electron chi connectivity index (χ3n) is 7.74. The van der Waals surface area contributed by atoms with Gasteiger partial charge in [0.1, 0.15) is 0 Å². The molecule has 4 heteroatoms. The number of aryl methyl sites for hydroxylation is 2. The van der Waals surface area contributed by atoms with E-state index in [1.165, 1.54) is 43.2 Å². The zero-order valence-corrected chi connectivity index (χ0v) is 17.6. The van der Waals surface area contributed by atoms with Crippen molar-refractivity contribution < 1.29 is 9.59 Å². The molecule has 0 N–H and O–H groups in total. The normalized spacial score (nSPS) is 27.0. The van der Waals surface area contributed by atoms with Gasteiger partial charge >= 0.3 is 0 Å². The fraction of sp³-hybridized carbons (Fsp3) is 0.680. The first-order chi connectivity index (χ1) is 14.2. The van der Waals surface area contributed by atoms with Crippen LogP contribution in [0.2, 0.25) is 0 Å². The Morgan fingerprint density at radius 2 is 1.59 bits per heavy atom. The van der Waals surface area contributed by atoms with E-state index in [9.17, 15) is 9.59 Å². The zero-order chi connectivity index (χ0) is 19.8. The molecule has 2 heterocycles. The molecule has 1 saturated carbocycles. The molecule has 2 aliphatic heterocycles. The van der Waals surface area contributed by atoms with Crippen LogP contribution in [0.15, 0.2) is 18.2 Å². The van der Waals surface area contributed by atoms with Crippen molar-refractivity contribution in [2.75, 3.05) is 26.2 Å². The summed E-state index contributed by atoms with van der Waals surface area (Å²) in [5.74, 6) is 2.36. The number of hydrogen-bond acceptors (Lipinski definition) is 2. The third-order valence-corrected chi connectivity index (χ3v) is 7.74. The van der Waals surface area contributed by atoms with E-state index in [-0.39, 0.29) is 5.91 Å². The summed E-state index contributed by atoms with van der Waals surface area (Å²) in [5, 5.41) is 0. The second-order valence-corrected chi connectivity index (χ2v) is 9.88. The molecule has 2 aliphatic carbocycles. The van der Waals surface area contributed by atoms with Crippen LogP contribution in [0.25, 0.3) is 0 Å². The van der Waals surface area contributed by atoms with Gasteiger partial charge in [0.2, 0.25) is 5.91 Å². The number of nitrogens with zero attached hydrogens (tertiary/aromatic N) is 2. The molecule has 0 aromatic heterocycles. The minimum absolute atomic E-state index is 0.211. The van der Waals surface area contributed by atoms with Gasteiger partial charge in [-0.05, 0) is 98.8 Å². The maximum Gasteiger partial charge on any atom is 0.253 e. The van der Waals surface area contributed by atoms with E-state index in [4.69, 9.17) is 0 Å². The standard InChI is InChI=1S/C25H34N2O2/c28-24(14-18-7-8-18)26-13-11-23(16-26)22-6-3-12-27(17-22)25(29)21-10-9-19-4-1-2-5-20(19)15-21/h9-10,15,18,22-23H,1-8,11-14,16-17H2. The van der Waals surface area contributed by atoms with Gasteiger partial charge in [0.25, 0.3) is 5.91 Å². The highest BCUT2D eigenvalue weighted by Gasteiger charge is 2.36. The molecule has 0 radical (unpaired) electrons. The first-order valence-corrected chi connectivity index (χ1v) is 11.9. The lowest BCUT2D eigenvalue weighted by Crippen LogP contribution is -2.42. The Hall–Kier alpha value is -1.84. The molecule has 29 heavy (non-hydrogen) atoms. The number of carbonyl (C=O) groups is 2. The Morgan fingerprint density at radius 1 is 0.828 bits per heavy atom. The van der Waals surface area contributed by atoms with Crippen LogP contribution >= 0.6 is 0 Å². The smallest absolute Gasteiger partial charge is 0.253 e. The van der Waals surface area contributed by atoms with Gasteiger partial charge in [0.05, 0.1) is 0 Å². The summed E-state index contributed by atoms with van der Waals surface area (Å²) < 4.78 is 0. The highest BCUT2D eigenvalue weighted by molar-refractivity contribution is 5.94. The number of carbonyl (C=O) groups excluding carboxylic acids is 2. The van der Waals surface area contributed by atoms with E-state index in [0.717, 1.165) is 63.8 Å². The Balaban J connectivity index is 1.20. The van der Waals surface area contributed by atoms with Crippen LogP contribution in [0, 0.1) is 17.8 Å². The number of likely N-dealkylation sites (tertiary alicyclic amines) is 2. The van der Waals surface area contributed by atoms with Gasteiger partial charge in [0, 0.05) is 38.2 Å². The molecule has 2 amide bonds. The van der Waals surface area contributed by atoms with Gasteiger partial charge in [-0.2, -0.15) is 0 Å². The Morgan fingerprint density at radius 3 is 2.41 bits per heavy atom. The highest BCUT2D eigenvalue weighted by atomic mass is 16.2. The highest BCUT2D eigenvalue weighted by Crippen LogP contribution is 2.35. The summed E-state index contributed by atoms with van der Waals surface area (Å²) in [7, 11) is 0. The molecule has 2 saturated heterocycles. The SMILES string of the molecule is O=C(CC1CC1)N1CCC(C2CCCN(C(=O)c3ccc4c(c3)CCCC4)C2)C1. The molecule has 2 unspecified atom stereocenters. The van der Waals surface area contributed by atoms with Gasteiger partial charge in [0.15, 0.2) is 0 Å². The maximum absolute atomic E-state index is 13.2. The van der Waals surface area contributed by atoms with E-state index in [0.29, 0.717) is 23.7 Å². The summed E-state index contributed by atoms with van der Waals surface area (Å²) in [6, 6.07) is 6.39. The van der Waals surface area contributed by atoms with E-state index in [1.54, 1.807) is 0 Å². The van der Waals surface area contributed by atoms with Gasteiger partial charge in [-0.25, -0.2) is 0 Å². The number of piperidine rings is 1. The van der Waals surface area contributed by atoms with Crippen LogP contribution < -0.4 is 0 Å². The average molecular weight is 395 g/mol. The van der Waals surface area contributed by atoms with Crippen LogP contribution in [0.5, 0.6) is 0 Å². The summed E-state index contributed by atoms with van der Waals surface area (Å²) in [5.41, 5.74) is 3.70. The number of benzene rings is 1. The van der Waals surface area contributed by atoms with Crippen LogP contribution in [-0.4, -0.2) is 47.8 Å². The van der Waals surface area contributed by atoms with Crippen molar-refractivity contribution in [2.45, 2.75) is 64.2 Å². The van der Waals surface area contributed by atoms with Crippen LogP contribution in [0.3, 0.4) is 0 Å². The second-order valence-electron chi connectivity index (χ2n) is 9.88. The fourth-order valence-corrected chi connectivity index (χ4v) is 5.72. The van der Waals surface area contributed by atoms with E-state index in [2.05, 4.69) is 21.9 Å². The van der Waals surface area contributed by atoms with Crippen molar-refractivity contribution in [1.82, 2.24) is 9.80 Å². The molecule has 1 aromatic carbocycles. The third kappa shape index (κ3) is 4.22. The maximum atomic E-state index is 13.2. The largest absolute Gasteiger partial charge is 0.342 e. The van der Waals surface area contributed by atoms with Crippen molar-refractivity contribution in [2.24, 2.45) is 17.8 Å². The number of rotatable bonds is 4. The minimum Gasteiger partial charge on any atom is -0.342 e. The van der Waals surface area contributed by atoms with Crippen LogP contribution in [0.4, 0.5) is 0 Å². The molecule has 4 aliphatic rings. The number of fused-ring (bicyclic) bond motifs is 1. The Labute approximate surface area is 174 Å². The summed E-state index contributed by atoms with van der Waals surface area (Å²) in [6.07, 6.45) is 11.4. The summed E-state index contributed by atoms with van der Waals surface area (Å²) in [6.45, 7) is 3.58. The lowest BCUT2D eigenvalue weighted by Gasteiger charge is -2.36. The zero-order valence-electron chi connectivity index (χ0n) is 17.6. The van der Waals surface area contributed by atoms with Crippen molar-refractivity contribution in [3.05, 3.63) is 34.9 Å². The lowest BCUT2D eigenvalue weighted by atomic mass is 9.84. The predicted octanol–water partition coefficient (Wildman–Crippen LogP) is 4.07. The second kappa shape index (κ2) is 8.12. The lowest BCUT2D eigenvalue weighted by molar-refractivity contribution is -0.130. The van der Waals surface area contributed by atoms with Crippen molar-refractivity contribution >= 4 is 11.8 Å². The monoisotopic (exact) mass is 394 g/mol. The molecule has 1 aromatic rings. The van der Waals surface area contributed by atoms with Gasteiger partial charge in [-0.1, -0.05) is 6.07 Å². The molecule has 2 atom stereocenters. The van der Waals surface area contributed by atoms with Gasteiger partial charge in [-0.15, -0.1) is 0 Å². The molecule has 3 fully saturated rings. The van der Waals surface area contributed by atoms with Crippen LogP contribution in [0.1, 0.15) is 72.9 Å². The molecule has 0 spiro atoms. The fourth-order valence-electron chi connectivity index (χ4n) is 5.72. The molecule has 5 rings (SSSR count). The predicted molar refractivity (Wildman–Crippen MR) is 114 cm³/mol. The summed E-state index contributed by atoms with van der Waals surface area (Å²) >= 11 is 0. The average Bonchev–Trinajstić information content (AvgIpc) is 3.44. The van der Waals surface area contributed by atoms with E-state index < -0.39 is 0 Å². The van der Waals surface area contributed by atoms with Crippen molar-refractivity contribution in [3.8, 4) is 0 Å². The number of hydrogen-bond donors (Lipinski definition) is 0. The first-order valence-electron chi connectivity index (χ1n) is 11.9. The molecular formula is C25H34N2O2. The van der Waals surface area contributed by atoms with Crippen molar-refractivity contribution in [3.63, 3.8) is 0 Å². The molecule has 0 bridgehead atoms. The van der Waals surface area contributed by atoms with Crippen LogP contribution in [-0.2, 0) is 17.6 Å². The summed E-state index contributed by atoms with van der Waals surface area (Å²) in [4.78, 5) is 29.9. The molecule has 4 nitrogen and oxygen atoms in total. The van der Waals surface area contributed by atoms with Gasteiger partial charge < -0.3 is 9.80 Å². The molecule has 156 valence electrons. The Bertz CT molecular complexity index is 785. The first kappa shape index (κ1) is 19.1. The van der Waals surface area contributed by atoms with Gasteiger partial charge in [-0.3, -0.25) is 9.59 Å². The van der Waals surface area contributed by atoms with Crippen molar-refractivity contribution in [1.29, 1.82) is 0 Å². The molecular weight excluding hydrogens is 360 g/mol. The quantitative estimate of drug-likeness (QED) is 0.772.